The molecule has 0 spiro atoms. The van der Waals surface area contributed by atoms with Crippen LogP contribution < -0.4 is 16.3 Å². The molecule has 0 aromatic carbocycles. The van der Waals surface area contributed by atoms with Gasteiger partial charge >= 0.3 is 7.59 Å². The SMILES string of the molecule is NP(N)(=O)N1CCC[C@H](NC2CCCCC2)C1=O. The molecular formula is C11H23N4O2P. The number of piperidine rings is 1. The Balaban J connectivity index is 1.96. The van der Waals surface area contributed by atoms with Gasteiger partial charge in [0.05, 0.1) is 6.04 Å². The van der Waals surface area contributed by atoms with Crippen molar-refractivity contribution in [3.05, 3.63) is 0 Å². The fraction of sp³-hybridized carbons (Fsp3) is 0.909. The van der Waals surface area contributed by atoms with Gasteiger partial charge in [0.25, 0.3) is 0 Å². The molecule has 1 aliphatic heterocycles. The minimum Gasteiger partial charge on any atom is -0.303 e. The maximum Gasteiger partial charge on any atom is 0.302 e. The van der Waals surface area contributed by atoms with Crippen LogP contribution in [0.15, 0.2) is 0 Å². The molecule has 18 heavy (non-hydrogen) atoms. The predicted octanol–water partition coefficient (Wildman–Crippen LogP) is 0.925. The van der Waals surface area contributed by atoms with Gasteiger partial charge in [0.1, 0.15) is 0 Å². The van der Waals surface area contributed by atoms with Crippen molar-refractivity contribution in [2.75, 3.05) is 6.54 Å². The van der Waals surface area contributed by atoms with Crippen LogP contribution in [-0.4, -0.2) is 29.2 Å². The zero-order valence-electron chi connectivity index (χ0n) is 10.7. The average molecular weight is 274 g/mol. The van der Waals surface area contributed by atoms with E-state index in [-0.39, 0.29) is 11.9 Å². The van der Waals surface area contributed by atoms with Gasteiger partial charge in [-0.15, -0.1) is 0 Å². The van der Waals surface area contributed by atoms with E-state index in [1.807, 2.05) is 0 Å². The summed E-state index contributed by atoms with van der Waals surface area (Å²) >= 11 is 0. The number of nitrogens with one attached hydrogen (secondary N) is 1. The van der Waals surface area contributed by atoms with Crippen LogP contribution in [0.25, 0.3) is 0 Å². The molecule has 0 bridgehead atoms. The average Bonchev–Trinajstić information content (AvgIpc) is 2.32. The minimum absolute atomic E-state index is 0.194. The van der Waals surface area contributed by atoms with Gasteiger partial charge in [-0.3, -0.25) is 25.0 Å². The molecule has 1 heterocycles. The lowest BCUT2D eigenvalue weighted by Crippen LogP contribution is -2.53. The van der Waals surface area contributed by atoms with E-state index in [2.05, 4.69) is 5.32 Å². The first-order valence-electron chi connectivity index (χ1n) is 6.73. The summed E-state index contributed by atoms with van der Waals surface area (Å²) in [7, 11) is -3.44. The first kappa shape index (κ1) is 14.0. The van der Waals surface area contributed by atoms with Crippen molar-refractivity contribution in [1.82, 2.24) is 9.99 Å². The van der Waals surface area contributed by atoms with Gasteiger partial charge < -0.3 is 5.32 Å². The molecule has 1 aliphatic carbocycles. The standard InChI is InChI=1S/C11H23N4O2P/c12-18(13,17)15-8-4-7-10(11(15)16)14-9-5-2-1-3-6-9/h9-10,14H,1-8H2,(H4,12,13,17)/t10-/m0/s1. The van der Waals surface area contributed by atoms with Crippen molar-refractivity contribution >= 4 is 13.5 Å². The summed E-state index contributed by atoms with van der Waals surface area (Å²) in [5.41, 5.74) is 10.8. The number of nitrogens with zero attached hydrogens (tertiary/aromatic N) is 1. The maximum absolute atomic E-state index is 12.2. The van der Waals surface area contributed by atoms with Crippen molar-refractivity contribution < 1.29 is 9.36 Å². The van der Waals surface area contributed by atoms with E-state index < -0.39 is 7.59 Å². The molecule has 104 valence electrons. The Labute approximate surface area is 108 Å². The molecular weight excluding hydrogens is 251 g/mol. The van der Waals surface area contributed by atoms with E-state index in [4.69, 9.17) is 11.0 Å². The highest BCUT2D eigenvalue weighted by Crippen LogP contribution is 2.35. The van der Waals surface area contributed by atoms with Gasteiger partial charge in [0.2, 0.25) is 5.91 Å². The van der Waals surface area contributed by atoms with Crippen molar-refractivity contribution in [3.8, 4) is 0 Å². The number of amides is 1. The number of hydrogen-bond acceptors (Lipinski definition) is 3. The molecule has 7 heteroatoms. The quantitative estimate of drug-likeness (QED) is 0.664. The van der Waals surface area contributed by atoms with Crippen LogP contribution in [0.5, 0.6) is 0 Å². The second-order valence-electron chi connectivity index (χ2n) is 5.33. The van der Waals surface area contributed by atoms with Gasteiger partial charge in [-0.1, -0.05) is 19.3 Å². The zero-order valence-corrected chi connectivity index (χ0v) is 11.6. The largest absolute Gasteiger partial charge is 0.303 e. The molecule has 2 aliphatic rings. The topological polar surface area (TPSA) is 101 Å². The Morgan fingerprint density at radius 1 is 1.11 bits per heavy atom. The van der Waals surface area contributed by atoms with Crippen LogP contribution in [-0.2, 0) is 9.36 Å². The van der Waals surface area contributed by atoms with Crippen LogP contribution in [0.4, 0.5) is 0 Å². The molecule has 0 radical (unpaired) electrons. The van der Waals surface area contributed by atoms with Gasteiger partial charge in [-0.2, -0.15) is 0 Å². The van der Waals surface area contributed by atoms with E-state index in [0.29, 0.717) is 12.6 Å². The number of rotatable bonds is 3. The fourth-order valence-electron chi connectivity index (χ4n) is 2.88. The van der Waals surface area contributed by atoms with Crippen LogP contribution in [0.1, 0.15) is 44.9 Å². The number of nitrogens with two attached hydrogens (primary N) is 2. The molecule has 2 fully saturated rings. The second-order valence-corrected chi connectivity index (χ2v) is 7.16. The molecule has 2 rings (SSSR count). The molecule has 5 N–H and O–H groups in total. The molecule has 6 nitrogen and oxygen atoms in total. The third-order valence-electron chi connectivity index (χ3n) is 3.83. The van der Waals surface area contributed by atoms with Crippen molar-refractivity contribution in [2.45, 2.75) is 57.0 Å². The van der Waals surface area contributed by atoms with E-state index in [9.17, 15) is 9.36 Å². The third kappa shape index (κ3) is 3.32. The van der Waals surface area contributed by atoms with E-state index in [0.717, 1.165) is 30.4 Å². The Morgan fingerprint density at radius 2 is 1.78 bits per heavy atom. The summed E-state index contributed by atoms with van der Waals surface area (Å²) in [4.78, 5) is 12.2. The van der Waals surface area contributed by atoms with Crippen LogP contribution in [0.3, 0.4) is 0 Å². The van der Waals surface area contributed by atoms with Crippen LogP contribution in [0, 0.1) is 0 Å². The lowest BCUT2D eigenvalue weighted by Gasteiger charge is -2.36. The highest BCUT2D eigenvalue weighted by Gasteiger charge is 2.36. The Hall–Kier alpha value is -0.420. The monoisotopic (exact) mass is 274 g/mol. The lowest BCUT2D eigenvalue weighted by atomic mass is 9.94. The summed E-state index contributed by atoms with van der Waals surface area (Å²) in [5.74, 6) is -0.194. The minimum atomic E-state index is -3.44. The predicted molar refractivity (Wildman–Crippen MR) is 70.7 cm³/mol. The molecule has 0 aromatic rings. The number of hydrogen-bond donors (Lipinski definition) is 3. The summed E-state index contributed by atoms with van der Waals surface area (Å²) in [6.45, 7) is 0.409. The Morgan fingerprint density at radius 3 is 2.39 bits per heavy atom. The van der Waals surface area contributed by atoms with Crippen molar-refractivity contribution in [1.29, 1.82) is 0 Å². The van der Waals surface area contributed by atoms with E-state index in [1.54, 1.807) is 0 Å². The Bertz CT molecular complexity index is 351. The summed E-state index contributed by atoms with van der Waals surface area (Å²) in [6.07, 6.45) is 7.53. The molecule has 1 amide bonds. The molecule has 0 aromatic heterocycles. The normalized spacial score (nSPS) is 27.6. The first-order valence-corrected chi connectivity index (χ1v) is 8.53. The van der Waals surface area contributed by atoms with Crippen LogP contribution >= 0.6 is 7.59 Å². The van der Waals surface area contributed by atoms with Gasteiger partial charge in [0.15, 0.2) is 0 Å². The molecule has 1 atom stereocenters. The highest BCUT2D eigenvalue weighted by atomic mass is 31.2. The Kier molecular flexibility index (Phi) is 4.43. The zero-order chi connectivity index (χ0) is 13.2. The van der Waals surface area contributed by atoms with Crippen molar-refractivity contribution in [3.63, 3.8) is 0 Å². The fourth-order valence-corrected chi connectivity index (χ4v) is 3.78. The van der Waals surface area contributed by atoms with Gasteiger partial charge in [-0.05, 0) is 25.7 Å². The molecule has 0 unspecified atom stereocenters. The smallest absolute Gasteiger partial charge is 0.302 e. The van der Waals surface area contributed by atoms with Gasteiger partial charge in [-0.25, -0.2) is 0 Å². The molecule has 1 saturated heterocycles. The highest BCUT2D eigenvalue weighted by molar-refractivity contribution is 7.57. The van der Waals surface area contributed by atoms with E-state index in [1.165, 1.54) is 19.3 Å². The number of carbonyl (C=O) groups is 1. The third-order valence-corrected chi connectivity index (χ3v) is 4.99. The number of carbonyl (C=O) groups excluding carboxylic acids is 1. The van der Waals surface area contributed by atoms with Crippen LogP contribution in [0.2, 0.25) is 0 Å². The second kappa shape index (κ2) is 5.70. The lowest BCUT2D eigenvalue weighted by molar-refractivity contribution is -0.131. The van der Waals surface area contributed by atoms with E-state index >= 15 is 0 Å². The maximum atomic E-state index is 12.2. The first-order chi connectivity index (χ1) is 8.48. The van der Waals surface area contributed by atoms with Gasteiger partial charge in [0, 0.05) is 12.6 Å². The molecule has 1 saturated carbocycles. The summed E-state index contributed by atoms with van der Waals surface area (Å²) < 4.78 is 12.8. The summed E-state index contributed by atoms with van der Waals surface area (Å²) in [5, 5.41) is 3.39. The summed E-state index contributed by atoms with van der Waals surface area (Å²) in [6, 6.07) is 0.143. The van der Waals surface area contributed by atoms with Crippen molar-refractivity contribution in [2.24, 2.45) is 11.0 Å².